The van der Waals surface area contributed by atoms with Gasteiger partial charge in [0.15, 0.2) is 5.96 Å². The van der Waals surface area contributed by atoms with Gasteiger partial charge < -0.3 is 20.3 Å². The quantitative estimate of drug-likeness (QED) is 0.492. The number of hydrogen-bond acceptors (Lipinski definition) is 3. The first-order valence-electron chi connectivity index (χ1n) is 10.9. The number of hydrogen-bond donors (Lipinski definition) is 2. The standard InChI is InChI=1S/C23H38N4O2/c1-5-19(6-2)21-16-20(13-15-29-21)26-23(25-17-22(28)27(3)4)24-14-12-18-10-8-7-9-11-18/h7-11,19-21H,5-6,12-17H2,1-4H3,(H2,24,25,26). The number of carbonyl (C=O) groups is 1. The molecule has 1 aliphatic heterocycles. The second kappa shape index (κ2) is 12.5. The maximum absolute atomic E-state index is 12.0. The zero-order valence-electron chi connectivity index (χ0n) is 18.5. The minimum atomic E-state index is -0.00366. The van der Waals surface area contributed by atoms with Crippen LogP contribution in [0.15, 0.2) is 35.3 Å². The van der Waals surface area contributed by atoms with Gasteiger partial charge in [-0.3, -0.25) is 4.79 Å². The number of likely N-dealkylation sites (N-methyl/N-ethyl adjacent to an activating group) is 1. The summed E-state index contributed by atoms with van der Waals surface area (Å²) in [6.45, 7) is 6.16. The van der Waals surface area contributed by atoms with Crippen molar-refractivity contribution >= 4 is 11.9 Å². The Morgan fingerprint density at radius 1 is 1.24 bits per heavy atom. The zero-order valence-corrected chi connectivity index (χ0v) is 18.5. The number of nitrogens with one attached hydrogen (secondary N) is 2. The van der Waals surface area contributed by atoms with Gasteiger partial charge in [-0.25, -0.2) is 4.99 Å². The van der Waals surface area contributed by atoms with E-state index in [2.05, 4.69) is 53.7 Å². The number of benzene rings is 1. The van der Waals surface area contributed by atoms with Crippen molar-refractivity contribution in [3.8, 4) is 0 Å². The Labute approximate surface area is 176 Å². The molecule has 2 rings (SSSR count). The maximum atomic E-state index is 12.0. The highest BCUT2D eigenvalue weighted by Crippen LogP contribution is 2.25. The highest BCUT2D eigenvalue weighted by molar-refractivity contribution is 5.84. The summed E-state index contributed by atoms with van der Waals surface area (Å²) in [6, 6.07) is 10.7. The smallest absolute Gasteiger partial charge is 0.243 e. The van der Waals surface area contributed by atoms with E-state index in [1.165, 1.54) is 5.56 Å². The minimum absolute atomic E-state index is 0.00366. The van der Waals surface area contributed by atoms with Crippen LogP contribution in [0.4, 0.5) is 0 Å². The molecule has 29 heavy (non-hydrogen) atoms. The molecule has 162 valence electrons. The summed E-state index contributed by atoms with van der Waals surface area (Å²) < 4.78 is 6.04. The third kappa shape index (κ3) is 8.05. The Hall–Kier alpha value is -2.08. The van der Waals surface area contributed by atoms with Gasteiger partial charge in [0.1, 0.15) is 6.54 Å². The molecular weight excluding hydrogens is 364 g/mol. The third-order valence-corrected chi connectivity index (χ3v) is 5.65. The fourth-order valence-electron chi connectivity index (χ4n) is 3.71. The molecule has 0 radical (unpaired) electrons. The largest absolute Gasteiger partial charge is 0.378 e. The monoisotopic (exact) mass is 402 g/mol. The molecule has 1 aromatic carbocycles. The van der Waals surface area contributed by atoms with Crippen LogP contribution >= 0.6 is 0 Å². The first kappa shape index (κ1) is 23.2. The molecule has 1 heterocycles. The highest BCUT2D eigenvalue weighted by Gasteiger charge is 2.28. The summed E-state index contributed by atoms with van der Waals surface area (Å²) in [4.78, 5) is 18.1. The number of nitrogens with zero attached hydrogens (tertiary/aromatic N) is 2. The SMILES string of the molecule is CCC(CC)C1CC(NC(=NCC(=O)N(C)C)NCCc2ccccc2)CCO1. The fraction of sp³-hybridized carbons (Fsp3) is 0.652. The van der Waals surface area contributed by atoms with E-state index >= 15 is 0 Å². The van der Waals surface area contributed by atoms with Crippen molar-refractivity contribution in [2.75, 3.05) is 33.8 Å². The summed E-state index contributed by atoms with van der Waals surface area (Å²) in [5, 5.41) is 6.97. The summed E-state index contributed by atoms with van der Waals surface area (Å²) >= 11 is 0. The number of ether oxygens (including phenoxy) is 1. The molecule has 1 aromatic rings. The lowest BCUT2D eigenvalue weighted by Crippen LogP contribution is -2.49. The van der Waals surface area contributed by atoms with Gasteiger partial charge in [0.2, 0.25) is 5.91 Å². The van der Waals surface area contributed by atoms with Crippen molar-refractivity contribution in [3.05, 3.63) is 35.9 Å². The molecule has 6 nitrogen and oxygen atoms in total. The van der Waals surface area contributed by atoms with Crippen molar-refractivity contribution in [2.24, 2.45) is 10.9 Å². The molecule has 0 aromatic heterocycles. The van der Waals surface area contributed by atoms with Gasteiger partial charge in [-0.1, -0.05) is 57.0 Å². The molecule has 1 saturated heterocycles. The number of aliphatic imine (C=N–C) groups is 1. The van der Waals surface area contributed by atoms with Crippen LogP contribution in [0.3, 0.4) is 0 Å². The maximum Gasteiger partial charge on any atom is 0.243 e. The van der Waals surface area contributed by atoms with Crippen LogP contribution in [0.1, 0.15) is 45.1 Å². The third-order valence-electron chi connectivity index (χ3n) is 5.65. The van der Waals surface area contributed by atoms with Crippen LogP contribution in [0.2, 0.25) is 0 Å². The first-order chi connectivity index (χ1) is 14.0. The van der Waals surface area contributed by atoms with Gasteiger partial charge in [0.05, 0.1) is 6.10 Å². The molecule has 2 N–H and O–H groups in total. The van der Waals surface area contributed by atoms with E-state index in [1.54, 1.807) is 19.0 Å². The van der Waals surface area contributed by atoms with Crippen LogP contribution in [0, 0.1) is 5.92 Å². The van der Waals surface area contributed by atoms with Crippen LogP contribution in [-0.2, 0) is 16.0 Å². The normalized spacial score (nSPS) is 19.8. The predicted molar refractivity (Wildman–Crippen MR) is 119 cm³/mol. The summed E-state index contributed by atoms with van der Waals surface area (Å²) in [5.74, 6) is 1.31. The second-order valence-electron chi connectivity index (χ2n) is 7.97. The number of amides is 1. The summed E-state index contributed by atoms with van der Waals surface area (Å²) in [6.07, 6.45) is 5.42. The van der Waals surface area contributed by atoms with E-state index in [0.717, 1.165) is 45.3 Å². The van der Waals surface area contributed by atoms with E-state index in [0.29, 0.717) is 24.0 Å². The number of guanidine groups is 1. The zero-order chi connectivity index (χ0) is 21.1. The van der Waals surface area contributed by atoms with Crippen molar-refractivity contribution < 1.29 is 9.53 Å². The Bertz CT molecular complexity index is 629. The Balaban J connectivity index is 1.96. The molecule has 1 amide bonds. The molecule has 1 fully saturated rings. The molecule has 2 unspecified atom stereocenters. The van der Waals surface area contributed by atoms with Crippen molar-refractivity contribution in [1.82, 2.24) is 15.5 Å². The lowest BCUT2D eigenvalue weighted by Gasteiger charge is -2.35. The van der Waals surface area contributed by atoms with Crippen molar-refractivity contribution in [2.45, 2.75) is 58.1 Å². The summed E-state index contributed by atoms with van der Waals surface area (Å²) in [7, 11) is 3.51. The van der Waals surface area contributed by atoms with E-state index in [4.69, 9.17) is 4.74 Å². The van der Waals surface area contributed by atoms with Crippen LogP contribution in [-0.4, -0.2) is 62.7 Å². The Morgan fingerprint density at radius 3 is 2.62 bits per heavy atom. The van der Waals surface area contributed by atoms with E-state index < -0.39 is 0 Å². The van der Waals surface area contributed by atoms with Crippen LogP contribution in [0.5, 0.6) is 0 Å². The summed E-state index contributed by atoms with van der Waals surface area (Å²) in [5.41, 5.74) is 1.28. The number of rotatable bonds is 9. The minimum Gasteiger partial charge on any atom is -0.378 e. The average molecular weight is 403 g/mol. The molecule has 0 spiro atoms. The molecule has 0 saturated carbocycles. The van der Waals surface area contributed by atoms with Gasteiger partial charge in [-0.2, -0.15) is 0 Å². The van der Waals surface area contributed by atoms with Crippen molar-refractivity contribution in [3.63, 3.8) is 0 Å². The van der Waals surface area contributed by atoms with E-state index in [-0.39, 0.29) is 12.5 Å². The van der Waals surface area contributed by atoms with Gasteiger partial charge >= 0.3 is 0 Å². The Kier molecular flexibility index (Phi) is 9.98. The predicted octanol–water partition coefficient (Wildman–Crippen LogP) is 2.84. The lowest BCUT2D eigenvalue weighted by atomic mass is 9.89. The van der Waals surface area contributed by atoms with E-state index in [9.17, 15) is 4.79 Å². The second-order valence-corrected chi connectivity index (χ2v) is 7.97. The molecule has 0 aliphatic carbocycles. The van der Waals surface area contributed by atoms with Gasteiger partial charge in [0.25, 0.3) is 0 Å². The van der Waals surface area contributed by atoms with Gasteiger partial charge in [-0.05, 0) is 30.7 Å². The van der Waals surface area contributed by atoms with Gasteiger partial charge in [0, 0.05) is 33.3 Å². The van der Waals surface area contributed by atoms with E-state index in [1.807, 2.05) is 6.07 Å². The average Bonchev–Trinajstić information content (AvgIpc) is 2.73. The fourth-order valence-corrected chi connectivity index (χ4v) is 3.71. The molecular formula is C23H38N4O2. The van der Waals surface area contributed by atoms with Gasteiger partial charge in [-0.15, -0.1) is 0 Å². The highest BCUT2D eigenvalue weighted by atomic mass is 16.5. The molecule has 2 atom stereocenters. The number of carbonyl (C=O) groups excluding carboxylic acids is 1. The topological polar surface area (TPSA) is 66.0 Å². The van der Waals surface area contributed by atoms with Crippen LogP contribution < -0.4 is 10.6 Å². The molecule has 6 heteroatoms. The first-order valence-corrected chi connectivity index (χ1v) is 10.9. The van der Waals surface area contributed by atoms with Crippen LogP contribution in [0.25, 0.3) is 0 Å². The molecule has 1 aliphatic rings. The lowest BCUT2D eigenvalue weighted by molar-refractivity contribution is -0.127. The Morgan fingerprint density at radius 2 is 1.97 bits per heavy atom. The molecule has 0 bridgehead atoms. The van der Waals surface area contributed by atoms with Crippen molar-refractivity contribution in [1.29, 1.82) is 0 Å².